The number of rotatable bonds is 1. The fraction of sp³-hybridized carbons (Fsp3) is 0.625. The number of hydrogen-bond donors (Lipinski definition) is 1. The number of hydrogen-bond acceptors (Lipinski definition) is 4. The molecular formula is C8H13N3S. The van der Waals surface area contributed by atoms with Gasteiger partial charge in [0.2, 0.25) is 0 Å². The van der Waals surface area contributed by atoms with Gasteiger partial charge in [-0.05, 0) is 13.3 Å². The zero-order chi connectivity index (χ0) is 8.55. The molecule has 0 spiro atoms. The smallest absolute Gasteiger partial charge is 0.0794 e. The van der Waals surface area contributed by atoms with E-state index in [1.807, 2.05) is 16.7 Å². The van der Waals surface area contributed by atoms with Gasteiger partial charge in [-0.15, -0.1) is 11.3 Å². The van der Waals surface area contributed by atoms with Crippen molar-refractivity contribution < 1.29 is 0 Å². The van der Waals surface area contributed by atoms with Gasteiger partial charge in [-0.3, -0.25) is 10.8 Å². The highest BCUT2D eigenvalue weighted by atomic mass is 32.1. The van der Waals surface area contributed by atoms with E-state index in [0.29, 0.717) is 12.0 Å². The monoisotopic (exact) mass is 183 g/mol. The SMILES string of the molecule is C[C@@H]1C[C@H](c2cncs2)CN1N. The largest absolute Gasteiger partial charge is 0.269 e. The van der Waals surface area contributed by atoms with Gasteiger partial charge in [0, 0.05) is 29.6 Å². The maximum Gasteiger partial charge on any atom is 0.0794 e. The minimum atomic E-state index is 0.511. The molecule has 1 fully saturated rings. The van der Waals surface area contributed by atoms with Gasteiger partial charge in [0.1, 0.15) is 0 Å². The summed E-state index contributed by atoms with van der Waals surface area (Å²) >= 11 is 1.73. The molecule has 1 aliphatic rings. The summed E-state index contributed by atoms with van der Waals surface area (Å²) in [6.07, 6.45) is 3.12. The van der Waals surface area contributed by atoms with E-state index < -0.39 is 0 Å². The minimum absolute atomic E-state index is 0.511. The predicted molar refractivity (Wildman–Crippen MR) is 49.8 cm³/mol. The molecule has 1 aromatic heterocycles. The second-order valence-corrected chi connectivity index (χ2v) is 4.30. The van der Waals surface area contributed by atoms with Gasteiger partial charge in [-0.1, -0.05) is 0 Å². The lowest BCUT2D eigenvalue weighted by Crippen LogP contribution is -2.33. The first-order valence-corrected chi connectivity index (χ1v) is 5.05. The van der Waals surface area contributed by atoms with Gasteiger partial charge in [-0.2, -0.15) is 0 Å². The van der Waals surface area contributed by atoms with Crippen molar-refractivity contribution in [3.63, 3.8) is 0 Å². The molecule has 0 saturated carbocycles. The first kappa shape index (κ1) is 8.16. The van der Waals surface area contributed by atoms with Crippen molar-refractivity contribution in [2.45, 2.75) is 25.3 Å². The Kier molecular flexibility index (Phi) is 2.12. The van der Waals surface area contributed by atoms with E-state index >= 15 is 0 Å². The molecule has 12 heavy (non-hydrogen) atoms. The summed E-state index contributed by atoms with van der Waals surface area (Å²) in [7, 11) is 0. The van der Waals surface area contributed by atoms with Crippen LogP contribution in [0.3, 0.4) is 0 Å². The maximum absolute atomic E-state index is 5.79. The summed E-state index contributed by atoms with van der Waals surface area (Å²) in [5.74, 6) is 6.40. The molecule has 0 aromatic carbocycles. The second kappa shape index (κ2) is 3.12. The summed E-state index contributed by atoms with van der Waals surface area (Å²) in [6, 6.07) is 0.511. The molecule has 3 nitrogen and oxygen atoms in total. The van der Waals surface area contributed by atoms with Crippen LogP contribution in [0.2, 0.25) is 0 Å². The first-order chi connectivity index (χ1) is 5.77. The normalized spacial score (nSPS) is 31.2. The molecule has 2 heterocycles. The zero-order valence-corrected chi connectivity index (χ0v) is 7.92. The van der Waals surface area contributed by atoms with E-state index in [9.17, 15) is 0 Å². The average molecular weight is 183 g/mol. The van der Waals surface area contributed by atoms with Gasteiger partial charge >= 0.3 is 0 Å². The fourth-order valence-corrected chi connectivity index (χ4v) is 2.42. The highest BCUT2D eigenvalue weighted by molar-refractivity contribution is 7.09. The Morgan fingerprint density at radius 2 is 2.58 bits per heavy atom. The molecule has 2 rings (SSSR count). The number of nitrogens with two attached hydrogens (primary N) is 1. The molecule has 0 aliphatic carbocycles. The summed E-state index contributed by atoms with van der Waals surface area (Å²) < 4.78 is 0. The van der Waals surface area contributed by atoms with Crippen LogP contribution < -0.4 is 5.84 Å². The summed E-state index contributed by atoms with van der Waals surface area (Å²) in [6.45, 7) is 3.14. The van der Waals surface area contributed by atoms with Gasteiger partial charge in [-0.25, -0.2) is 5.01 Å². The number of aromatic nitrogens is 1. The molecule has 1 aromatic rings. The van der Waals surface area contributed by atoms with E-state index in [-0.39, 0.29) is 0 Å². The van der Waals surface area contributed by atoms with Crippen molar-refractivity contribution in [3.8, 4) is 0 Å². The van der Waals surface area contributed by atoms with E-state index in [1.165, 1.54) is 11.3 Å². The molecule has 0 amide bonds. The van der Waals surface area contributed by atoms with Gasteiger partial charge in [0.25, 0.3) is 0 Å². The highest BCUT2D eigenvalue weighted by Gasteiger charge is 2.28. The third-order valence-corrected chi connectivity index (χ3v) is 3.41. The fourth-order valence-electron chi connectivity index (χ4n) is 1.69. The Labute approximate surface area is 76.2 Å². The molecule has 2 N–H and O–H groups in total. The molecule has 0 unspecified atom stereocenters. The van der Waals surface area contributed by atoms with Crippen LogP contribution in [0, 0.1) is 0 Å². The highest BCUT2D eigenvalue weighted by Crippen LogP contribution is 2.31. The van der Waals surface area contributed by atoms with Crippen molar-refractivity contribution >= 4 is 11.3 Å². The Hall–Kier alpha value is -0.450. The third-order valence-electron chi connectivity index (χ3n) is 2.48. The van der Waals surface area contributed by atoms with Gasteiger partial charge in [0.05, 0.1) is 5.51 Å². The molecule has 1 aliphatic heterocycles. The van der Waals surface area contributed by atoms with Crippen LogP contribution in [0.4, 0.5) is 0 Å². The van der Waals surface area contributed by atoms with Crippen molar-refractivity contribution in [1.82, 2.24) is 9.99 Å². The standard InChI is InChI=1S/C8H13N3S/c1-6-2-7(4-11(6)9)8-3-10-5-12-8/h3,5-7H,2,4,9H2,1H3/t6-,7+/m1/s1. The van der Waals surface area contributed by atoms with E-state index in [0.717, 1.165) is 6.54 Å². The Morgan fingerprint density at radius 1 is 1.75 bits per heavy atom. The lowest BCUT2D eigenvalue weighted by molar-refractivity contribution is 0.277. The Bertz CT molecular complexity index is 237. The average Bonchev–Trinajstić information content (AvgIpc) is 2.61. The van der Waals surface area contributed by atoms with Crippen LogP contribution in [-0.2, 0) is 0 Å². The molecule has 0 bridgehead atoms. The van der Waals surface area contributed by atoms with Crippen molar-refractivity contribution in [2.24, 2.45) is 5.84 Å². The van der Waals surface area contributed by atoms with Crippen molar-refractivity contribution in [1.29, 1.82) is 0 Å². The van der Waals surface area contributed by atoms with E-state index in [2.05, 4.69) is 11.9 Å². The lowest BCUT2D eigenvalue weighted by Gasteiger charge is -2.12. The first-order valence-electron chi connectivity index (χ1n) is 4.17. The number of hydrazine groups is 1. The van der Waals surface area contributed by atoms with Gasteiger partial charge in [0.15, 0.2) is 0 Å². The van der Waals surface area contributed by atoms with Crippen LogP contribution >= 0.6 is 11.3 Å². The molecular weight excluding hydrogens is 170 g/mol. The molecule has 4 heteroatoms. The van der Waals surface area contributed by atoms with Crippen molar-refractivity contribution in [2.75, 3.05) is 6.54 Å². The van der Waals surface area contributed by atoms with Crippen molar-refractivity contribution in [3.05, 3.63) is 16.6 Å². The number of nitrogens with zero attached hydrogens (tertiary/aromatic N) is 2. The quantitative estimate of drug-likeness (QED) is 0.665. The summed E-state index contributed by atoms with van der Waals surface area (Å²) in [4.78, 5) is 5.45. The maximum atomic E-state index is 5.79. The number of thiazole rings is 1. The summed E-state index contributed by atoms with van der Waals surface area (Å²) in [5.41, 5.74) is 1.89. The lowest BCUT2D eigenvalue weighted by atomic mass is 10.1. The van der Waals surface area contributed by atoms with Crippen LogP contribution in [0.5, 0.6) is 0 Å². The third kappa shape index (κ3) is 1.37. The van der Waals surface area contributed by atoms with Crippen LogP contribution in [0.1, 0.15) is 24.1 Å². The van der Waals surface area contributed by atoms with E-state index in [1.54, 1.807) is 11.3 Å². The van der Waals surface area contributed by atoms with E-state index in [4.69, 9.17) is 5.84 Å². The van der Waals surface area contributed by atoms with Gasteiger partial charge < -0.3 is 0 Å². The molecule has 1 saturated heterocycles. The topological polar surface area (TPSA) is 42.2 Å². The second-order valence-electron chi connectivity index (χ2n) is 3.38. The predicted octanol–water partition coefficient (Wildman–Crippen LogP) is 1.19. The minimum Gasteiger partial charge on any atom is -0.269 e. The molecule has 66 valence electrons. The van der Waals surface area contributed by atoms with Crippen LogP contribution in [0.15, 0.2) is 11.7 Å². The Morgan fingerprint density at radius 3 is 3.08 bits per heavy atom. The zero-order valence-electron chi connectivity index (χ0n) is 7.10. The van der Waals surface area contributed by atoms with Crippen LogP contribution in [-0.4, -0.2) is 22.6 Å². The summed E-state index contributed by atoms with van der Waals surface area (Å²) in [5, 5.41) is 1.92. The molecule has 2 atom stereocenters. The Balaban J connectivity index is 2.09. The van der Waals surface area contributed by atoms with Crippen LogP contribution in [0.25, 0.3) is 0 Å². The molecule has 0 radical (unpaired) electrons.